The Labute approximate surface area is 183 Å². The number of fused-ring (bicyclic) bond motifs is 2. The van der Waals surface area contributed by atoms with Crippen molar-refractivity contribution in [2.24, 2.45) is 0 Å². The third-order valence-electron chi connectivity index (χ3n) is 5.94. The van der Waals surface area contributed by atoms with Gasteiger partial charge >= 0.3 is 6.09 Å². The molecule has 0 atom stereocenters. The minimum atomic E-state index is -0.931. The normalized spacial score (nSPS) is 17.7. The van der Waals surface area contributed by atoms with Crippen LogP contribution >= 0.6 is 0 Å². The number of aromatic nitrogens is 2. The number of aryl methyl sites for hydroxylation is 1. The number of carbonyl (C=O) groups excluding carboxylic acids is 1. The van der Waals surface area contributed by atoms with Crippen LogP contribution in [0.25, 0.3) is 17.1 Å². The summed E-state index contributed by atoms with van der Waals surface area (Å²) in [6.45, 7) is 4.13. The van der Waals surface area contributed by atoms with E-state index in [9.17, 15) is 14.7 Å². The average Bonchev–Trinajstić information content (AvgIpc) is 3.31. The maximum atomic E-state index is 13.0. The molecule has 2 aliphatic rings. The minimum Gasteiger partial charge on any atom is -0.507 e. The lowest BCUT2D eigenvalue weighted by Crippen LogP contribution is -2.47. The zero-order valence-corrected chi connectivity index (χ0v) is 17.5. The van der Waals surface area contributed by atoms with Crippen LogP contribution in [0.2, 0.25) is 0 Å². The fraction of sp³-hybridized carbons (Fsp3) is 0.261. The van der Waals surface area contributed by atoms with Crippen LogP contribution in [-0.4, -0.2) is 68.0 Å². The van der Waals surface area contributed by atoms with E-state index >= 15 is 0 Å². The number of H-pyrrole nitrogens is 1. The molecule has 0 bridgehead atoms. The standard InChI is InChI=1S/C23H22N4O5/c1-13-2-3-15-14(11-24-22(15)25-13)10-19-20(29)16-4-5-18(28)17(21(16)32-19)12-26-6-8-27(9-7-26)23(30)31/h2-5,10-11,28H,6-9,12H2,1H3,(H,24,25)(H,30,31)/b19-10-. The Morgan fingerprint density at radius 3 is 2.75 bits per heavy atom. The second-order valence-electron chi connectivity index (χ2n) is 8.02. The van der Waals surface area contributed by atoms with Crippen LogP contribution in [0.4, 0.5) is 4.79 Å². The van der Waals surface area contributed by atoms with E-state index in [4.69, 9.17) is 9.84 Å². The summed E-state index contributed by atoms with van der Waals surface area (Å²) < 4.78 is 5.96. The number of hydrogen-bond donors (Lipinski definition) is 3. The SMILES string of the molecule is Cc1ccc2c(/C=C3\Oc4c(ccc(O)c4CN4CCN(C(=O)O)CC4)C3=O)c[nH]c2n1. The molecule has 2 aliphatic heterocycles. The predicted octanol–water partition coefficient (Wildman–Crippen LogP) is 2.99. The molecule has 0 saturated carbocycles. The number of Topliss-reactive ketones (excluding diaryl/α,β-unsaturated/α-hetero) is 1. The maximum absolute atomic E-state index is 13.0. The van der Waals surface area contributed by atoms with Crippen LogP contribution in [0, 0.1) is 6.92 Å². The van der Waals surface area contributed by atoms with Crippen molar-refractivity contribution >= 4 is 29.0 Å². The molecule has 0 unspecified atom stereocenters. The molecule has 0 radical (unpaired) electrons. The highest BCUT2D eigenvalue weighted by molar-refractivity contribution is 6.15. The highest BCUT2D eigenvalue weighted by Crippen LogP contribution is 2.40. The number of ether oxygens (including phenoxy) is 1. The number of aromatic amines is 1. The molecule has 2 aromatic heterocycles. The van der Waals surface area contributed by atoms with Crippen LogP contribution in [0.3, 0.4) is 0 Å². The number of aromatic hydroxyl groups is 1. The van der Waals surface area contributed by atoms with E-state index in [1.165, 1.54) is 11.0 Å². The van der Waals surface area contributed by atoms with Gasteiger partial charge in [-0.25, -0.2) is 9.78 Å². The molecule has 3 aromatic rings. The summed E-state index contributed by atoms with van der Waals surface area (Å²) in [5.41, 5.74) is 3.35. The number of carbonyl (C=O) groups is 2. The Bertz CT molecular complexity index is 1270. The summed E-state index contributed by atoms with van der Waals surface area (Å²) >= 11 is 0. The molecule has 32 heavy (non-hydrogen) atoms. The second-order valence-corrected chi connectivity index (χ2v) is 8.02. The zero-order chi connectivity index (χ0) is 22.4. The highest BCUT2D eigenvalue weighted by Gasteiger charge is 2.32. The van der Waals surface area contributed by atoms with Gasteiger partial charge in [-0.15, -0.1) is 0 Å². The number of amides is 1. The topological polar surface area (TPSA) is 119 Å². The van der Waals surface area contributed by atoms with Gasteiger partial charge in [-0.2, -0.15) is 0 Å². The van der Waals surface area contributed by atoms with Crippen molar-refractivity contribution in [3.8, 4) is 11.5 Å². The average molecular weight is 434 g/mol. The number of rotatable bonds is 3. The van der Waals surface area contributed by atoms with Gasteiger partial charge in [0.2, 0.25) is 5.78 Å². The van der Waals surface area contributed by atoms with Crippen molar-refractivity contribution in [3.63, 3.8) is 0 Å². The molecule has 164 valence electrons. The summed E-state index contributed by atoms with van der Waals surface area (Å²) in [7, 11) is 0. The van der Waals surface area contributed by atoms with Crippen molar-refractivity contribution < 1.29 is 24.5 Å². The van der Waals surface area contributed by atoms with Crippen molar-refractivity contribution in [2.45, 2.75) is 13.5 Å². The molecule has 0 spiro atoms. The Kier molecular flexibility index (Phi) is 4.82. The van der Waals surface area contributed by atoms with Crippen molar-refractivity contribution in [3.05, 3.63) is 58.6 Å². The smallest absolute Gasteiger partial charge is 0.407 e. The quantitative estimate of drug-likeness (QED) is 0.542. The lowest BCUT2D eigenvalue weighted by molar-refractivity contribution is 0.101. The van der Waals surface area contributed by atoms with Gasteiger partial charge in [-0.3, -0.25) is 9.69 Å². The summed E-state index contributed by atoms with van der Waals surface area (Å²) in [6.07, 6.45) is 2.54. The number of carboxylic acid groups (broad SMARTS) is 1. The van der Waals surface area contributed by atoms with Crippen molar-refractivity contribution in [1.29, 1.82) is 0 Å². The fourth-order valence-corrected chi connectivity index (χ4v) is 4.15. The van der Waals surface area contributed by atoms with Gasteiger partial charge < -0.3 is 24.8 Å². The predicted molar refractivity (Wildman–Crippen MR) is 117 cm³/mol. The maximum Gasteiger partial charge on any atom is 0.407 e. The highest BCUT2D eigenvalue weighted by atomic mass is 16.5. The first-order valence-electron chi connectivity index (χ1n) is 10.3. The second kappa shape index (κ2) is 7.69. The van der Waals surface area contributed by atoms with Crippen LogP contribution < -0.4 is 4.74 Å². The molecule has 1 aromatic carbocycles. The van der Waals surface area contributed by atoms with Gasteiger partial charge in [-0.1, -0.05) is 0 Å². The molecular formula is C23H22N4O5. The first-order chi connectivity index (χ1) is 15.4. The largest absolute Gasteiger partial charge is 0.507 e. The molecule has 9 nitrogen and oxygen atoms in total. The molecule has 0 aliphatic carbocycles. The molecular weight excluding hydrogens is 412 g/mol. The van der Waals surface area contributed by atoms with Gasteiger partial charge in [0.25, 0.3) is 0 Å². The van der Waals surface area contributed by atoms with E-state index in [1.54, 1.807) is 18.3 Å². The summed E-state index contributed by atoms with van der Waals surface area (Å²) in [5.74, 6) is 0.344. The van der Waals surface area contributed by atoms with E-state index < -0.39 is 6.09 Å². The van der Waals surface area contributed by atoms with Crippen LogP contribution in [0.5, 0.6) is 11.5 Å². The van der Waals surface area contributed by atoms with Gasteiger partial charge in [-0.05, 0) is 37.3 Å². The molecule has 1 amide bonds. The number of piperazine rings is 1. The lowest BCUT2D eigenvalue weighted by atomic mass is 10.0. The number of ketones is 1. The van der Waals surface area contributed by atoms with E-state index in [2.05, 4.69) is 9.97 Å². The third kappa shape index (κ3) is 3.46. The lowest BCUT2D eigenvalue weighted by Gasteiger charge is -2.33. The van der Waals surface area contributed by atoms with Crippen LogP contribution in [0.15, 0.2) is 36.2 Å². The molecule has 1 saturated heterocycles. The summed E-state index contributed by atoms with van der Waals surface area (Å²) in [5, 5.41) is 20.5. The summed E-state index contributed by atoms with van der Waals surface area (Å²) in [6, 6.07) is 6.93. The van der Waals surface area contributed by atoms with E-state index in [1.807, 2.05) is 24.0 Å². The number of pyridine rings is 1. The molecule has 1 fully saturated rings. The number of nitrogens with zero attached hydrogens (tertiary/aromatic N) is 3. The van der Waals surface area contributed by atoms with E-state index in [0.717, 1.165) is 22.3 Å². The Hall–Kier alpha value is -3.85. The first-order valence-corrected chi connectivity index (χ1v) is 10.3. The zero-order valence-electron chi connectivity index (χ0n) is 17.5. The van der Waals surface area contributed by atoms with Gasteiger partial charge in [0, 0.05) is 55.6 Å². The number of phenolic OH excluding ortho intramolecular Hbond substituents is 1. The van der Waals surface area contributed by atoms with Crippen molar-refractivity contribution in [1.82, 2.24) is 19.8 Å². The molecule has 3 N–H and O–H groups in total. The molecule has 9 heteroatoms. The Balaban J connectivity index is 1.42. The molecule has 4 heterocycles. The van der Waals surface area contributed by atoms with Crippen LogP contribution in [0.1, 0.15) is 27.2 Å². The monoisotopic (exact) mass is 434 g/mol. The number of nitrogens with one attached hydrogen (secondary N) is 1. The Morgan fingerprint density at radius 2 is 2.00 bits per heavy atom. The van der Waals surface area contributed by atoms with Crippen LogP contribution in [-0.2, 0) is 6.54 Å². The van der Waals surface area contributed by atoms with Gasteiger partial charge in [0.05, 0.1) is 11.1 Å². The first kappa shape index (κ1) is 20.1. The minimum absolute atomic E-state index is 0.0465. The number of allylic oxidation sites excluding steroid dienone is 1. The number of hydrogen-bond acceptors (Lipinski definition) is 6. The molecule has 5 rings (SSSR count). The number of benzene rings is 1. The van der Waals surface area contributed by atoms with Gasteiger partial charge in [0.15, 0.2) is 5.76 Å². The van der Waals surface area contributed by atoms with E-state index in [-0.39, 0.29) is 17.3 Å². The fourth-order valence-electron chi connectivity index (χ4n) is 4.15. The van der Waals surface area contributed by atoms with E-state index in [0.29, 0.717) is 49.6 Å². The third-order valence-corrected chi connectivity index (χ3v) is 5.94. The number of phenols is 1. The summed E-state index contributed by atoms with van der Waals surface area (Å²) in [4.78, 5) is 35.1. The van der Waals surface area contributed by atoms with Gasteiger partial charge in [0.1, 0.15) is 17.1 Å². The van der Waals surface area contributed by atoms with Crippen molar-refractivity contribution in [2.75, 3.05) is 26.2 Å². The Morgan fingerprint density at radius 1 is 1.22 bits per heavy atom.